The molecule has 0 amide bonds. The number of benzene rings is 3. The van der Waals surface area contributed by atoms with Crippen molar-refractivity contribution in [3.8, 4) is 5.75 Å². The van der Waals surface area contributed by atoms with E-state index in [9.17, 15) is 13.2 Å². The van der Waals surface area contributed by atoms with Crippen molar-refractivity contribution in [2.45, 2.75) is 23.6 Å². The summed E-state index contributed by atoms with van der Waals surface area (Å²) in [7, 11) is -3.99. The van der Waals surface area contributed by atoms with Crippen LogP contribution in [0.25, 0.3) is 0 Å². The van der Waals surface area contributed by atoms with Crippen molar-refractivity contribution in [3.05, 3.63) is 100 Å². The van der Waals surface area contributed by atoms with Gasteiger partial charge in [0, 0.05) is 16.0 Å². The van der Waals surface area contributed by atoms with E-state index in [1.165, 1.54) is 23.9 Å². The number of hydrogen-bond donors (Lipinski definition) is 0. The molecule has 1 aliphatic rings. The Balaban J connectivity index is 1.75. The van der Waals surface area contributed by atoms with Crippen LogP contribution < -0.4 is 4.74 Å². The predicted octanol–water partition coefficient (Wildman–Crippen LogP) is 5.44. The van der Waals surface area contributed by atoms with Crippen LogP contribution >= 0.6 is 11.8 Å². The number of hydrogen-bond acceptors (Lipinski definition) is 5. The van der Waals surface area contributed by atoms with E-state index in [0.717, 1.165) is 10.5 Å². The number of ether oxygens (including phenoxy) is 1. The number of fused-ring (bicyclic) bond motifs is 1. The second-order valence-electron chi connectivity index (χ2n) is 7.15. The molecule has 0 aliphatic heterocycles. The van der Waals surface area contributed by atoms with E-state index in [2.05, 4.69) is 4.40 Å². The summed E-state index contributed by atoms with van der Waals surface area (Å²) in [5.74, 6) is 0.438. The number of aryl methyl sites for hydroxylation is 1. The van der Waals surface area contributed by atoms with Crippen molar-refractivity contribution in [1.82, 2.24) is 0 Å². The summed E-state index contributed by atoms with van der Waals surface area (Å²) < 4.78 is 35.5. The molecule has 0 fully saturated rings. The molecule has 0 bridgehead atoms. The Bertz CT molecular complexity index is 1320. The third kappa shape index (κ3) is 4.69. The van der Waals surface area contributed by atoms with E-state index < -0.39 is 10.0 Å². The highest BCUT2D eigenvalue weighted by atomic mass is 32.2. The topological polar surface area (TPSA) is 72.8 Å². The third-order valence-electron chi connectivity index (χ3n) is 4.84. The number of thioether (sulfide) groups is 1. The van der Waals surface area contributed by atoms with Crippen LogP contribution in [0.1, 0.15) is 28.4 Å². The molecule has 0 unspecified atom stereocenters. The number of Topliss-reactive ketones (excluding diaryl/α,β-unsaturated/α-hetero) is 1. The van der Waals surface area contributed by atoms with Gasteiger partial charge in [-0.15, -0.1) is 0 Å². The van der Waals surface area contributed by atoms with Crippen LogP contribution in [0.5, 0.6) is 5.75 Å². The van der Waals surface area contributed by atoms with Crippen LogP contribution in [-0.2, 0) is 10.0 Å². The Kier molecular flexibility index (Phi) is 6.30. The molecular formula is C25H21NO4S2. The van der Waals surface area contributed by atoms with Crippen LogP contribution in [0.15, 0.2) is 98.0 Å². The molecule has 0 aromatic heterocycles. The first-order valence-electron chi connectivity index (χ1n) is 10.1. The summed E-state index contributed by atoms with van der Waals surface area (Å²) in [5.41, 5.74) is 2.29. The Morgan fingerprint density at radius 2 is 1.56 bits per heavy atom. The monoisotopic (exact) mass is 463 g/mol. The third-order valence-corrected chi connectivity index (χ3v) is 7.18. The fourth-order valence-corrected chi connectivity index (χ4v) is 5.14. The van der Waals surface area contributed by atoms with E-state index in [0.29, 0.717) is 28.4 Å². The maximum Gasteiger partial charge on any atom is 0.282 e. The van der Waals surface area contributed by atoms with Gasteiger partial charge in [0.15, 0.2) is 5.78 Å². The largest absolute Gasteiger partial charge is 0.494 e. The minimum atomic E-state index is -3.99. The van der Waals surface area contributed by atoms with E-state index in [-0.39, 0.29) is 16.4 Å². The van der Waals surface area contributed by atoms with Crippen LogP contribution in [0.4, 0.5) is 0 Å². The smallest absolute Gasteiger partial charge is 0.282 e. The van der Waals surface area contributed by atoms with Gasteiger partial charge in [0.05, 0.1) is 22.1 Å². The van der Waals surface area contributed by atoms with Gasteiger partial charge in [0.1, 0.15) is 5.75 Å². The van der Waals surface area contributed by atoms with Crippen molar-refractivity contribution in [2.24, 2.45) is 4.40 Å². The van der Waals surface area contributed by atoms with Crippen molar-refractivity contribution >= 4 is 33.3 Å². The number of carbonyl (C=O) groups excluding carboxylic acids is 1. The highest BCUT2D eigenvalue weighted by Gasteiger charge is 2.26. The number of allylic oxidation sites excluding steroid dienone is 2. The molecule has 0 radical (unpaired) electrons. The molecule has 32 heavy (non-hydrogen) atoms. The lowest BCUT2D eigenvalue weighted by molar-refractivity contribution is 0.104. The van der Waals surface area contributed by atoms with Crippen molar-refractivity contribution in [2.75, 3.05) is 6.61 Å². The molecule has 1 aliphatic carbocycles. The van der Waals surface area contributed by atoms with Crippen molar-refractivity contribution in [1.29, 1.82) is 0 Å². The van der Waals surface area contributed by atoms with Gasteiger partial charge in [-0.1, -0.05) is 53.7 Å². The van der Waals surface area contributed by atoms with Crippen LogP contribution in [-0.4, -0.2) is 26.5 Å². The standard InChI is InChI=1S/C25H21NO4S2/c1-3-30-18-10-14-20(15-11-18)32(28,29)26-23-16-24(31-19-12-8-17(2)9-13-19)25(27)22-7-5-4-6-21(22)23/h4-16H,3H2,1-2H3/b26-23+. The van der Waals surface area contributed by atoms with Gasteiger partial charge in [0.2, 0.25) is 0 Å². The highest BCUT2D eigenvalue weighted by Crippen LogP contribution is 2.34. The lowest BCUT2D eigenvalue weighted by Crippen LogP contribution is -2.17. The first-order valence-corrected chi connectivity index (χ1v) is 12.3. The first kappa shape index (κ1) is 22.0. The van der Waals surface area contributed by atoms with E-state index >= 15 is 0 Å². The lowest BCUT2D eigenvalue weighted by atomic mass is 9.94. The van der Waals surface area contributed by atoms with Crippen molar-refractivity contribution in [3.63, 3.8) is 0 Å². The fourth-order valence-electron chi connectivity index (χ4n) is 3.25. The number of nitrogens with zero attached hydrogens (tertiary/aromatic N) is 1. The molecule has 4 rings (SSSR count). The van der Waals surface area contributed by atoms with Gasteiger partial charge in [-0.25, -0.2) is 0 Å². The zero-order valence-corrected chi connectivity index (χ0v) is 19.2. The molecule has 0 saturated heterocycles. The minimum Gasteiger partial charge on any atom is -0.494 e. The van der Waals surface area contributed by atoms with Gasteiger partial charge < -0.3 is 4.74 Å². The number of carbonyl (C=O) groups is 1. The molecule has 5 nitrogen and oxygen atoms in total. The zero-order chi connectivity index (χ0) is 22.7. The average molecular weight is 464 g/mol. The van der Waals surface area contributed by atoms with Gasteiger partial charge in [0.25, 0.3) is 10.0 Å². The molecule has 0 heterocycles. The van der Waals surface area contributed by atoms with Gasteiger partial charge in [-0.3, -0.25) is 4.79 Å². The van der Waals surface area contributed by atoms with Crippen LogP contribution in [0.3, 0.4) is 0 Å². The normalized spacial score (nSPS) is 14.8. The lowest BCUT2D eigenvalue weighted by Gasteiger charge is -2.17. The number of sulfonamides is 1. The minimum absolute atomic E-state index is 0.0592. The predicted molar refractivity (Wildman–Crippen MR) is 127 cm³/mol. The van der Waals surface area contributed by atoms with Crippen molar-refractivity contribution < 1.29 is 17.9 Å². The average Bonchev–Trinajstić information content (AvgIpc) is 2.79. The van der Waals surface area contributed by atoms with Crippen LogP contribution in [0, 0.1) is 6.92 Å². The first-order chi connectivity index (χ1) is 15.4. The van der Waals surface area contributed by atoms with Gasteiger partial charge in [-0.2, -0.15) is 12.8 Å². The molecule has 3 aromatic rings. The van der Waals surface area contributed by atoms with E-state index in [4.69, 9.17) is 4.74 Å². The SMILES string of the molecule is CCOc1ccc(S(=O)(=O)/N=C2\C=C(Sc3ccc(C)cc3)C(=O)c3ccccc32)cc1. The van der Waals surface area contributed by atoms with E-state index in [1.54, 1.807) is 42.5 Å². The fraction of sp³-hybridized carbons (Fsp3) is 0.120. The summed E-state index contributed by atoms with van der Waals surface area (Å²) in [4.78, 5) is 14.4. The molecule has 0 atom stereocenters. The van der Waals surface area contributed by atoms with Crippen LogP contribution in [0.2, 0.25) is 0 Å². The Hall–Kier alpha value is -3.16. The Morgan fingerprint density at radius 1 is 0.906 bits per heavy atom. The van der Waals surface area contributed by atoms with E-state index in [1.807, 2.05) is 38.1 Å². The molecule has 7 heteroatoms. The summed E-state index contributed by atoms with van der Waals surface area (Å²) in [6.45, 7) is 4.34. The number of rotatable bonds is 6. The molecule has 3 aromatic carbocycles. The second-order valence-corrected chi connectivity index (χ2v) is 9.87. The second kappa shape index (κ2) is 9.14. The molecular weight excluding hydrogens is 442 g/mol. The summed E-state index contributed by atoms with van der Waals surface area (Å²) >= 11 is 1.30. The maximum atomic E-state index is 13.1. The van der Waals surface area contributed by atoms with Gasteiger partial charge >= 0.3 is 0 Å². The molecule has 0 N–H and O–H groups in total. The maximum absolute atomic E-state index is 13.1. The summed E-state index contributed by atoms with van der Waals surface area (Å²) in [6, 6.07) is 20.9. The Morgan fingerprint density at radius 3 is 2.22 bits per heavy atom. The quantitative estimate of drug-likeness (QED) is 0.486. The highest BCUT2D eigenvalue weighted by molar-refractivity contribution is 8.04. The summed E-state index contributed by atoms with van der Waals surface area (Å²) in [5, 5.41) is 0. The molecule has 0 saturated carbocycles. The van der Waals surface area contributed by atoms with Gasteiger partial charge in [-0.05, 0) is 56.3 Å². The molecule has 0 spiro atoms. The Labute approximate surface area is 191 Å². The zero-order valence-electron chi connectivity index (χ0n) is 17.6. The summed E-state index contributed by atoms with van der Waals surface area (Å²) in [6.07, 6.45) is 1.56. The molecule has 162 valence electrons. The number of ketones is 1.